The lowest BCUT2D eigenvalue weighted by atomic mass is 9.97. The second-order valence-electron chi connectivity index (χ2n) is 6.58. The smallest absolute Gasteiger partial charge is 0.339 e. The number of carboxylic acid groups (broad SMARTS) is 1. The number of halogens is 3. The lowest BCUT2D eigenvalue weighted by Gasteiger charge is -2.12. The Morgan fingerprint density at radius 3 is 2.32 bits per heavy atom. The maximum Gasteiger partial charge on any atom is 0.339 e. The summed E-state index contributed by atoms with van der Waals surface area (Å²) in [5.74, 6) is -3.27. The third-order valence-electron chi connectivity index (χ3n) is 4.53. The molecule has 0 heterocycles. The van der Waals surface area contributed by atoms with Gasteiger partial charge in [0.2, 0.25) is 0 Å². The summed E-state index contributed by atoms with van der Waals surface area (Å²) in [5.41, 5.74) is 2.10. The van der Waals surface area contributed by atoms with Crippen molar-refractivity contribution in [1.29, 1.82) is 0 Å². The summed E-state index contributed by atoms with van der Waals surface area (Å²) < 4.78 is 38.4. The number of carbonyl (C=O) groups excluding carboxylic acids is 1. The molecule has 3 aromatic carbocycles. The highest BCUT2D eigenvalue weighted by Crippen LogP contribution is 2.29. The topological polar surface area (TPSA) is 72.8 Å². The molecule has 0 bridgehead atoms. The van der Waals surface area contributed by atoms with Crippen molar-refractivity contribution in [3.05, 3.63) is 87.4 Å². The first-order valence-electron chi connectivity index (χ1n) is 9.08. The van der Waals surface area contributed by atoms with Gasteiger partial charge in [0.25, 0.3) is 0 Å². The van der Waals surface area contributed by atoms with Crippen LogP contribution in [0.15, 0.2) is 59.1 Å². The van der Waals surface area contributed by atoms with Gasteiger partial charge in [0.1, 0.15) is 12.4 Å². The summed E-state index contributed by atoms with van der Waals surface area (Å²) in [6, 6.07) is 13.6. The summed E-state index contributed by atoms with van der Waals surface area (Å²) in [7, 11) is 1.30. The number of carboxylic acids is 1. The molecule has 0 unspecified atom stereocenters. The fourth-order valence-corrected chi connectivity index (χ4v) is 3.56. The van der Waals surface area contributed by atoms with Crippen molar-refractivity contribution < 1.29 is 33.0 Å². The second-order valence-corrected chi connectivity index (χ2v) is 7.37. The summed E-state index contributed by atoms with van der Waals surface area (Å²) in [6.07, 6.45) is -0.435. The minimum absolute atomic E-state index is 0.167. The van der Waals surface area contributed by atoms with Gasteiger partial charge in [-0.15, -0.1) is 0 Å². The normalized spacial score (nSPS) is 10.6. The van der Waals surface area contributed by atoms with Crippen LogP contribution in [0.4, 0.5) is 8.78 Å². The molecule has 0 fully saturated rings. The van der Waals surface area contributed by atoms with Crippen molar-refractivity contribution in [2.45, 2.75) is 13.0 Å². The van der Waals surface area contributed by atoms with E-state index in [0.717, 1.165) is 17.7 Å². The van der Waals surface area contributed by atoms with Gasteiger partial charge >= 0.3 is 11.9 Å². The molecule has 0 aliphatic carbocycles. The number of ether oxygens (including phenoxy) is 2. The fourth-order valence-electron chi connectivity index (χ4n) is 3.02. The summed E-state index contributed by atoms with van der Waals surface area (Å²) >= 11 is 3.38. The second kappa shape index (κ2) is 9.70. The third kappa shape index (κ3) is 5.27. The monoisotopic (exact) mass is 490 g/mol. The van der Waals surface area contributed by atoms with Crippen LogP contribution in [0.5, 0.6) is 5.75 Å². The van der Waals surface area contributed by atoms with E-state index in [2.05, 4.69) is 15.9 Å². The van der Waals surface area contributed by atoms with Crippen LogP contribution in [0.25, 0.3) is 11.1 Å². The molecule has 31 heavy (non-hydrogen) atoms. The van der Waals surface area contributed by atoms with Crippen LogP contribution in [0, 0.1) is 11.6 Å². The number of methoxy groups -OCH3 is 1. The van der Waals surface area contributed by atoms with Crippen LogP contribution in [-0.4, -0.2) is 24.2 Å². The minimum atomic E-state index is -1.15. The van der Waals surface area contributed by atoms with Crippen LogP contribution in [0.2, 0.25) is 0 Å². The fraction of sp³-hybridized carbons (Fsp3) is 0.130. The first kappa shape index (κ1) is 22.4. The number of hydrogen-bond donors (Lipinski definition) is 1. The quantitative estimate of drug-likeness (QED) is 0.449. The van der Waals surface area contributed by atoms with Gasteiger partial charge < -0.3 is 14.6 Å². The Balaban J connectivity index is 1.80. The van der Waals surface area contributed by atoms with Crippen molar-refractivity contribution in [3.63, 3.8) is 0 Å². The molecule has 0 aliphatic heterocycles. The van der Waals surface area contributed by atoms with Crippen molar-refractivity contribution in [2.75, 3.05) is 7.11 Å². The number of esters is 1. The van der Waals surface area contributed by atoms with Crippen LogP contribution in [0.1, 0.15) is 21.5 Å². The van der Waals surface area contributed by atoms with E-state index in [1.54, 1.807) is 42.5 Å². The van der Waals surface area contributed by atoms with Gasteiger partial charge in [-0.05, 0) is 63.0 Å². The van der Waals surface area contributed by atoms with Crippen LogP contribution in [-0.2, 0) is 22.6 Å². The number of benzene rings is 3. The maximum absolute atomic E-state index is 13.7. The summed E-state index contributed by atoms with van der Waals surface area (Å²) in [6.45, 7) is 0.167. The van der Waals surface area contributed by atoms with Crippen molar-refractivity contribution in [1.82, 2.24) is 0 Å². The van der Waals surface area contributed by atoms with Gasteiger partial charge in [0.05, 0.1) is 19.1 Å². The van der Waals surface area contributed by atoms with Crippen LogP contribution >= 0.6 is 15.9 Å². The number of hydrogen-bond acceptors (Lipinski definition) is 4. The molecular formula is C23H17BrF2O5. The molecule has 0 aromatic heterocycles. The van der Waals surface area contributed by atoms with Gasteiger partial charge in [0.15, 0.2) is 11.6 Å². The highest BCUT2D eigenvalue weighted by molar-refractivity contribution is 9.10. The molecule has 8 heteroatoms. The highest BCUT2D eigenvalue weighted by atomic mass is 79.9. The number of aliphatic carboxylic acids is 1. The SMILES string of the molecule is COC(=O)c1cccc(COc2ccc(-c3cc(F)c(F)cc3CC(=O)O)cc2)c1Br. The van der Waals surface area contributed by atoms with Crippen molar-refractivity contribution >= 4 is 27.9 Å². The predicted molar refractivity (Wildman–Crippen MR) is 113 cm³/mol. The van der Waals surface area contributed by atoms with E-state index in [1.807, 2.05) is 0 Å². The molecule has 5 nitrogen and oxygen atoms in total. The molecule has 3 aromatic rings. The lowest BCUT2D eigenvalue weighted by Crippen LogP contribution is -2.05. The van der Waals surface area contributed by atoms with E-state index in [4.69, 9.17) is 14.6 Å². The molecule has 160 valence electrons. The van der Waals surface area contributed by atoms with E-state index in [0.29, 0.717) is 26.9 Å². The molecule has 0 amide bonds. The Hall–Kier alpha value is -3.26. The van der Waals surface area contributed by atoms with Gasteiger partial charge in [-0.1, -0.05) is 24.3 Å². The Kier molecular flexibility index (Phi) is 7.02. The highest BCUT2D eigenvalue weighted by Gasteiger charge is 2.15. The number of carbonyl (C=O) groups is 2. The molecule has 0 radical (unpaired) electrons. The lowest BCUT2D eigenvalue weighted by molar-refractivity contribution is -0.136. The Morgan fingerprint density at radius 2 is 1.68 bits per heavy atom. The van der Waals surface area contributed by atoms with Gasteiger partial charge in [-0.2, -0.15) is 0 Å². The largest absolute Gasteiger partial charge is 0.489 e. The van der Waals surface area contributed by atoms with E-state index in [1.165, 1.54) is 7.11 Å². The van der Waals surface area contributed by atoms with E-state index in [-0.39, 0.29) is 12.2 Å². The van der Waals surface area contributed by atoms with Crippen molar-refractivity contribution in [2.24, 2.45) is 0 Å². The molecule has 0 atom stereocenters. The van der Waals surface area contributed by atoms with E-state index in [9.17, 15) is 18.4 Å². The molecule has 0 aliphatic rings. The zero-order valence-electron chi connectivity index (χ0n) is 16.3. The molecule has 1 N–H and O–H groups in total. The minimum Gasteiger partial charge on any atom is -0.489 e. The average molecular weight is 491 g/mol. The Labute approximate surface area is 185 Å². The Bertz CT molecular complexity index is 1130. The van der Waals surface area contributed by atoms with Crippen LogP contribution in [0.3, 0.4) is 0 Å². The average Bonchev–Trinajstić information content (AvgIpc) is 2.75. The van der Waals surface area contributed by atoms with E-state index >= 15 is 0 Å². The maximum atomic E-state index is 13.7. The molecule has 0 saturated heterocycles. The summed E-state index contributed by atoms with van der Waals surface area (Å²) in [5, 5.41) is 9.04. The first-order valence-corrected chi connectivity index (χ1v) is 9.88. The molecule has 3 rings (SSSR count). The van der Waals surface area contributed by atoms with Crippen LogP contribution < -0.4 is 4.74 Å². The summed E-state index contributed by atoms with van der Waals surface area (Å²) in [4.78, 5) is 22.9. The molecule has 0 spiro atoms. The first-order chi connectivity index (χ1) is 14.8. The Morgan fingerprint density at radius 1 is 1.00 bits per heavy atom. The van der Waals surface area contributed by atoms with Gasteiger partial charge in [0, 0.05) is 10.0 Å². The van der Waals surface area contributed by atoms with E-state index < -0.39 is 30.0 Å². The standard InChI is InChI=1S/C23H17BrF2O5/c1-30-23(29)17-4-2-3-14(22(17)24)12-31-16-7-5-13(6-8-16)18-11-20(26)19(25)9-15(18)10-21(27)28/h2-9,11H,10,12H2,1H3,(H,27,28). The zero-order valence-corrected chi connectivity index (χ0v) is 17.9. The van der Waals surface area contributed by atoms with Gasteiger partial charge in [-0.25, -0.2) is 13.6 Å². The molecule has 0 saturated carbocycles. The molecular weight excluding hydrogens is 474 g/mol. The number of rotatable bonds is 7. The third-order valence-corrected chi connectivity index (χ3v) is 5.47. The van der Waals surface area contributed by atoms with Crippen molar-refractivity contribution in [3.8, 4) is 16.9 Å². The zero-order chi connectivity index (χ0) is 22.5. The predicted octanol–water partition coefficient (Wildman–Crippen LogP) is 5.39. The van der Waals surface area contributed by atoms with Gasteiger partial charge in [-0.3, -0.25) is 4.79 Å².